The summed E-state index contributed by atoms with van der Waals surface area (Å²) in [6.07, 6.45) is 3.69. The number of ether oxygens (including phenoxy) is 1. The van der Waals surface area contributed by atoms with Crippen LogP contribution < -0.4 is 9.64 Å². The third-order valence-corrected chi connectivity index (χ3v) is 5.53. The normalized spacial score (nSPS) is 18.1. The Morgan fingerprint density at radius 1 is 1.10 bits per heavy atom. The van der Waals surface area contributed by atoms with Crippen LogP contribution in [0.4, 0.5) is 5.69 Å². The number of nitrogens with zero attached hydrogens (tertiary/aromatic N) is 3. The number of furan rings is 1. The molecule has 6 nitrogen and oxygen atoms in total. The number of carbonyl (C=O) groups is 1. The van der Waals surface area contributed by atoms with Gasteiger partial charge in [0.15, 0.2) is 5.17 Å². The van der Waals surface area contributed by atoms with Gasteiger partial charge in [0, 0.05) is 0 Å². The Hall–Kier alpha value is -3.32. The molecule has 7 heteroatoms. The van der Waals surface area contributed by atoms with E-state index in [1.54, 1.807) is 30.4 Å². The Labute approximate surface area is 172 Å². The highest BCUT2D eigenvalue weighted by Gasteiger charge is 2.39. The van der Waals surface area contributed by atoms with Gasteiger partial charge in [0.1, 0.15) is 11.5 Å². The van der Waals surface area contributed by atoms with Crippen LogP contribution in [0.1, 0.15) is 11.3 Å². The topological polar surface area (TPSA) is 67.4 Å². The lowest BCUT2D eigenvalue weighted by Gasteiger charge is -2.15. The first kappa shape index (κ1) is 19.0. The SMILES string of the molecule is COc1ccc(CC2S/C(=N/N=C/c3ccco3)N(c3ccccc3)C2=O)cc1. The van der Waals surface area contributed by atoms with Gasteiger partial charge in [-0.1, -0.05) is 42.1 Å². The zero-order chi connectivity index (χ0) is 20.1. The lowest BCUT2D eigenvalue weighted by Crippen LogP contribution is -2.32. The number of para-hydroxylation sites is 1. The number of anilines is 1. The summed E-state index contributed by atoms with van der Waals surface area (Å²) in [6, 6.07) is 20.8. The summed E-state index contributed by atoms with van der Waals surface area (Å²) in [6.45, 7) is 0. The van der Waals surface area contributed by atoms with Gasteiger partial charge in [-0.15, -0.1) is 5.10 Å². The molecule has 1 aliphatic rings. The molecule has 1 amide bonds. The van der Waals surface area contributed by atoms with Gasteiger partial charge in [0.2, 0.25) is 5.91 Å². The lowest BCUT2D eigenvalue weighted by atomic mass is 10.1. The molecule has 2 aromatic carbocycles. The van der Waals surface area contributed by atoms with Crippen molar-refractivity contribution >= 4 is 34.7 Å². The van der Waals surface area contributed by atoms with Gasteiger partial charge in [0.25, 0.3) is 0 Å². The van der Waals surface area contributed by atoms with E-state index in [1.165, 1.54) is 18.0 Å². The largest absolute Gasteiger partial charge is 0.497 e. The van der Waals surface area contributed by atoms with E-state index >= 15 is 0 Å². The molecule has 1 aromatic heterocycles. The van der Waals surface area contributed by atoms with E-state index in [-0.39, 0.29) is 11.2 Å². The molecule has 1 unspecified atom stereocenters. The molecule has 1 aliphatic heterocycles. The van der Waals surface area contributed by atoms with Crippen LogP contribution >= 0.6 is 11.8 Å². The maximum Gasteiger partial charge on any atom is 0.247 e. The molecular formula is C22H19N3O3S. The molecule has 1 atom stereocenters. The summed E-state index contributed by atoms with van der Waals surface area (Å²) in [5.41, 5.74) is 1.83. The maximum absolute atomic E-state index is 13.2. The van der Waals surface area contributed by atoms with Crippen molar-refractivity contribution in [3.05, 3.63) is 84.3 Å². The zero-order valence-electron chi connectivity index (χ0n) is 15.8. The first-order chi connectivity index (χ1) is 14.2. The van der Waals surface area contributed by atoms with Crippen molar-refractivity contribution in [2.75, 3.05) is 12.0 Å². The van der Waals surface area contributed by atoms with Gasteiger partial charge >= 0.3 is 0 Å². The van der Waals surface area contributed by atoms with Crippen molar-refractivity contribution in [2.24, 2.45) is 10.2 Å². The fourth-order valence-electron chi connectivity index (χ4n) is 2.96. The molecule has 0 saturated carbocycles. The molecular weight excluding hydrogens is 386 g/mol. The summed E-state index contributed by atoms with van der Waals surface area (Å²) in [5, 5.41) is 8.68. The summed E-state index contributed by atoms with van der Waals surface area (Å²) < 4.78 is 10.4. The Morgan fingerprint density at radius 3 is 2.59 bits per heavy atom. The second kappa shape index (κ2) is 8.79. The van der Waals surface area contributed by atoms with Crippen LogP contribution in [-0.2, 0) is 11.2 Å². The van der Waals surface area contributed by atoms with Crippen molar-refractivity contribution in [3.8, 4) is 5.75 Å². The van der Waals surface area contributed by atoms with Crippen molar-refractivity contribution in [2.45, 2.75) is 11.7 Å². The summed E-state index contributed by atoms with van der Waals surface area (Å²) in [7, 11) is 1.63. The minimum Gasteiger partial charge on any atom is -0.497 e. The monoisotopic (exact) mass is 405 g/mol. The predicted octanol–water partition coefficient (Wildman–Crippen LogP) is 4.37. The molecule has 3 aromatic rings. The van der Waals surface area contributed by atoms with Gasteiger partial charge in [-0.2, -0.15) is 5.10 Å². The fraction of sp³-hybridized carbons (Fsp3) is 0.136. The van der Waals surface area contributed by atoms with Crippen molar-refractivity contribution in [1.82, 2.24) is 0 Å². The van der Waals surface area contributed by atoms with Crippen LogP contribution in [0.15, 0.2) is 87.6 Å². The Morgan fingerprint density at radius 2 is 1.90 bits per heavy atom. The number of benzene rings is 2. The van der Waals surface area contributed by atoms with E-state index in [1.807, 2.05) is 54.6 Å². The number of hydrogen-bond acceptors (Lipinski definition) is 6. The van der Waals surface area contributed by atoms with Crippen LogP contribution in [0, 0.1) is 0 Å². The second-order valence-corrected chi connectivity index (χ2v) is 7.48. The molecule has 0 radical (unpaired) electrons. The van der Waals surface area contributed by atoms with E-state index in [0.29, 0.717) is 17.3 Å². The summed E-state index contributed by atoms with van der Waals surface area (Å²) in [4.78, 5) is 14.8. The predicted molar refractivity (Wildman–Crippen MR) is 116 cm³/mol. The Bertz CT molecular complexity index is 1020. The highest BCUT2D eigenvalue weighted by atomic mass is 32.2. The first-order valence-electron chi connectivity index (χ1n) is 9.08. The highest BCUT2D eigenvalue weighted by molar-refractivity contribution is 8.16. The number of hydrogen-bond donors (Lipinski definition) is 0. The molecule has 4 rings (SSSR count). The average molecular weight is 405 g/mol. The van der Waals surface area contributed by atoms with Crippen LogP contribution in [0.3, 0.4) is 0 Å². The minimum absolute atomic E-state index is 0.0102. The van der Waals surface area contributed by atoms with Crippen LogP contribution in [0.5, 0.6) is 5.75 Å². The van der Waals surface area contributed by atoms with E-state index in [2.05, 4.69) is 10.2 Å². The summed E-state index contributed by atoms with van der Waals surface area (Å²) in [5.74, 6) is 1.38. The molecule has 1 saturated heterocycles. The van der Waals surface area contributed by atoms with Gasteiger partial charge in [0.05, 0.1) is 30.5 Å². The van der Waals surface area contributed by atoms with E-state index in [0.717, 1.165) is 17.0 Å². The van der Waals surface area contributed by atoms with Crippen molar-refractivity contribution < 1.29 is 13.9 Å². The molecule has 0 spiro atoms. The summed E-state index contributed by atoms with van der Waals surface area (Å²) >= 11 is 1.41. The lowest BCUT2D eigenvalue weighted by molar-refractivity contribution is -0.116. The van der Waals surface area contributed by atoms with Gasteiger partial charge in [-0.25, -0.2) is 0 Å². The number of methoxy groups -OCH3 is 1. The average Bonchev–Trinajstić information content (AvgIpc) is 3.38. The van der Waals surface area contributed by atoms with Gasteiger partial charge in [-0.05, 0) is 48.4 Å². The molecule has 0 N–H and O–H groups in total. The first-order valence-corrected chi connectivity index (χ1v) is 9.95. The molecule has 1 fully saturated rings. The number of rotatable bonds is 6. The van der Waals surface area contributed by atoms with E-state index in [4.69, 9.17) is 9.15 Å². The Balaban J connectivity index is 1.58. The molecule has 146 valence electrons. The van der Waals surface area contributed by atoms with Crippen molar-refractivity contribution in [3.63, 3.8) is 0 Å². The third kappa shape index (κ3) is 4.41. The van der Waals surface area contributed by atoms with Crippen LogP contribution in [0.25, 0.3) is 0 Å². The molecule has 29 heavy (non-hydrogen) atoms. The molecule has 0 bridgehead atoms. The van der Waals surface area contributed by atoms with E-state index in [9.17, 15) is 4.79 Å². The number of amides is 1. The minimum atomic E-state index is -0.277. The maximum atomic E-state index is 13.2. The Kier molecular flexibility index (Phi) is 5.76. The van der Waals surface area contributed by atoms with Crippen LogP contribution in [0.2, 0.25) is 0 Å². The molecule has 2 heterocycles. The highest BCUT2D eigenvalue weighted by Crippen LogP contribution is 2.34. The van der Waals surface area contributed by atoms with Crippen LogP contribution in [-0.4, -0.2) is 29.6 Å². The fourth-order valence-corrected chi connectivity index (χ4v) is 4.09. The smallest absolute Gasteiger partial charge is 0.247 e. The number of carbonyl (C=O) groups excluding carboxylic acids is 1. The molecule has 0 aliphatic carbocycles. The number of thioether (sulfide) groups is 1. The standard InChI is InChI=1S/C22H19N3O3S/c1-27-18-11-9-16(10-12-18)14-20-21(26)25(17-6-3-2-4-7-17)22(29-20)24-23-15-19-8-5-13-28-19/h2-13,15,20H,14H2,1H3/b23-15+,24-22+. The van der Waals surface area contributed by atoms with Gasteiger partial charge < -0.3 is 9.15 Å². The zero-order valence-corrected chi connectivity index (χ0v) is 16.6. The quantitative estimate of drug-likeness (QED) is 0.451. The number of amidine groups is 1. The van der Waals surface area contributed by atoms with Crippen molar-refractivity contribution in [1.29, 1.82) is 0 Å². The van der Waals surface area contributed by atoms with E-state index < -0.39 is 0 Å². The van der Waals surface area contributed by atoms with Gasteiger partial charge in [-0.3, -0.25) is 9.69 Å². The third-order valence-electron chi connectivity index (χ3n) is 4.40. The second-order valence-electron chi connectivity index (χ2n) is 6.31.